The van der Waals surface area contributed by atoms with Crippen LogP contribution in [0.3, 0.4) is 0 Å². The van der Waals surface area contributed by atoms with Crippen LogP contribution in [0.2, 0.25) is 0 Å². The SMILES string of the molecule is CC[C@@H](O)C1O[C@H](Sc2ccccc2)C(OCc2ccccc2)[C@@H](C)[C@@H]1C. The molecule has 0 radical (unpaired) electrons. The van der Waals surface area contributed by atoms with Crippen molar-refractivity contribution < 1.29 is 14.6 Å². The molecule has 1 saturated heterocycles. The van der Waals surface area contributed by atoms with Crippen LogP contribution in [0.15, 0.2) is 65.6 Å². The Kier molecular flexibility index (Phi) is 7.36. The molecular weight excluding hydrogens is 356 g/mol. The van der Waals surface area contributed by atoms with Crippen LogP contribution < -0.4 is 0 Å². The Hall–Kier alpha value is -1.33. The van der Waals surface area contributed by atoms with Crippen molar-refractivity contribution in [1.29, 1.82) is 0 Å². The normalized spacial score (nSPS) is 29.4. The number of hydrogen-bond donors (Lipinski definition) is 1. The molecule has 1 fully saturated rings. The zero-order valence-corrected chi connectivity index (χ0v) is 17.1. The molecule has 6 atom stereocenters. The third kappa shape index (κ3) is 5.14. The summed E-state index contributed by atoms with van der Waals surface area (Å²) in [6.45, 7) is 6.95. The molecule has 1 heterocycles. The van der Waals surface area contributed by atoms with E-state index in [1.807, 2.05) is 43.3 Å². The van der Waals surface area contributed by atoms with Crippen molar-refractivity contribution in [3.05, 3.63) is 66.2 Å². The van der Waals surface area contributed by atoms with Crippen LogP contribution in [0.25, 0.3) is 0 Å². The molecule has 0 saturated carbocycles. The molecule has 0 aromatic heterocycles. The molecule has 4 heteroatoms. The summed E-state index contributed by atoms with van der Waals surface area (Å²) < 4.78 is 12.8. The third-order valence-corrected chi connectivity index (χ3v) is 6.66. The summed E-state index contributed by atoms with van der Waals surface area (Å²) >= 11 is 1.69. The highest BCUT2D eigenvalue weighted by Crippen LogP contribution is 2.41. The van der Waals surface area contributed by atoms with Gasteiger partial charge in [0.1, 0.15) is 5.44 Å². The Bertz CT molecular complexity index is 679. The standard InChI is InChI=1S/C23H30O3S/c1-4-20(24)21-16(2)17(3)22(25-15-18-11-7-5-8-12-18)23(26-21)27-19-13-9-6-10-14-19/h5-14,16-17,20-24H,4,15H2,1-3H3/t16-,17-,20+,21?,22?,23+/m0/s1. The van der Waals surface area contributed by atoms with E-state index in [0.29, 0.717) is 13.0 Å². The van der Waals surface area contributed by atoms with Crippen molar-refractivity contribution in [2.75, 3.05) is 0 Å². The second-order valence-electron chi connectivity index (χ2n) is 7.36. The highest BCUT2D eigenvalue weighted by atomic mass is 32.2. The van der Waals surface area contributed by atoms with Gasteiger partial charge < -0.3 is 14.6 Å². The first-order valence-corrected chi connectivity index (χ1v) is 10.7. The van der Waals surface area contributed by atoms with Gasteiger partial charge in [0.25, 0.3) is 0 Å². The van der Waals surface area contributed by atoms with Crippen molar-refractivity contribution in [1.82, 2.24) is 0 Å². The first-order valence-electron chi connectivity index (χ1n) is 9.81. The second-order valence-corrected chi connectivity index (χ2v) is 8.53. The average Bonchev–Trinajstić information content (AvgIpc) is 2.71. The van der Waals surface area contributed by atoms with E-state index in [4.69, 9.17) is 9.47 Å². The molecule has 0 aliphatic carbocycles. The minimum atomic E-state index is -0.448. The van der Waals surface area contributed by atoms with E-state index < -0.39 is 6.10 Å². The molecule has 0 bridgehead atoms. The van der Waals surface area contributed by atoms with E-state index in [1.165, 1.54) is 0 Å². The highest BCUT2D eigenvalue weighted by molar-refractivity contribution is 7.99. The van der Waals surface area contributed by atoms with Gasteiger partial charge in [-0.05, 0) is 36.0 Å². The quantitative estimate of drug-likeness (QED) is 0.716. The van der Waals surface area contributed by atoms with E-state index >= 15 is 0 Å². The van der Waals surface area contributed by atoms with Gasteiger partial charge in [0.05, 0.1) is 24.9 Å². The predicted octanol–water partition coefficient (Wildman–Crippen LogP) is 5.13. The number of rotatable bonds is 7. The van der Waals surface area contributed by atoms with Crippen molar-refractivity contribution >= 4 is 11.8 Å². The zero-order valence-electron chi connectivity index (χ0n) is 16.3. The lowest BCUT2D eigenvalue weighted by Crippen LogP contribution is -2.52. The first kappa shape index (κ1) is 20.4. The van der Waals surface area contributed by atoms with Gasteiger partial charge >= 0.3 is 0 Å². The van der Waals surface area contributed by atoms with Gasteiger partial charge in [0.15, 0.2) is 0 Å². The molecule has 3 nitrogen and oxygen atoms in total. The lowest BCUT2D eigenvalue weighted by molar-refractivity contribution is -0.186. The lowest BCUT2D eigenvalue weighted by atomic mass is 9.81. The topological polar surface area (TPSA) is 38.7 Å². The maximum atomic E-state index is 10.5. The molecule has 27 heavy (non-hydrogen) atoms. The summed E-state index contributed by atoms with van der Waals surface area (Å²) in [5.74, 6) is 0.517. The van der Waals surface area contributed by atoms with E-state index in [9.17, 15) is 5.11 Å². The van der Waals surface area contributed by atoms with Crippen LogP contribution >= 0.6 is 11.8 Å². The molecule has 1 N–H and O–H groups in total. The highest BCUT2D eigenvalue weighted by Gasteiger charge is 2.44. The summed E-state index contributed by atoms with van der Waals surface area (Å²) in [4.78, 5) is 1.15. The van der Waals surface area contributed by atoms with Crippen LogP contribution in [0.4, 0.5) is 0 Å². The number of benzene rings is 2. The predicted molar refractivity (Wildman–Crippen MR) is 111 cm³/mol. The van der Waals surface area contributed by atoms with Crippen molar-refractivity contribution in [2.24, 2.45) is 11.8 Å². The number of thioether (sulfide) groups is 1. The van der Waals surface area contributed by atoms with E-state index in [0.717, 1.165) is 10.5 Å². The molecule has 0 spiro atoms. The van der Waals surface area contributed by atoms with E-state index in [2.05, 4.69) is 38.1 Å². The zero-order chi connectivity index (χ0) is 19.2. The Morgan fingerprint density at radius 3 is 2.26 bits per heavy atom. The third-order valence-electron chi connectivity index (χ3n) is 5.50. The van der Waals surface area contributed by atoms with Crippen molar-refractivity contribution in [3.63, 3.8) is 0 Å². The van der Waals surface area contributed by atoms with Gasteiger partial charge in [0.2, 0.25) is 0 Å². The summed E-state index contributed by atoms with van der Waals surface area (Å²) in [7, 11) is 0. The van der Waals surface area contributed by atoms with Crippen molar-refractivity contribution in [3.8, 4) is 0 Å². The average molecular weight is 387 g/mol. The second kappa shape index (κ2) is 9.74. The largest absolute Gasteiger partial charge is 0.390 e. The van der Waals surface area contributed by atoms with Crippen LogP contribution in [0, 0.1) is 11.8 Å². The molecule has 3 rings (SSSR count). The van der Waals surface area contributed by atoms with Gasteiger partial charge in [-0.2, -0.15) is 0 Å². The summed E-state index contributed by atoms with van der Waals surface area (Å²) in [6, 6.07) is 20.5. The van der Waals surface area contributed by atoms with Gasteiger partial charge in [-0.3, -0.25) is 0 Å². The Morgan fingerprint density at radius 1 is 1.00 bits per heavy atom. The van der Waals surface area contributed by atoms with Crippen LogP contribution in [0.5, 0.6) is 0 Å². The molecule has 2 unspecified atom stereocenters. The summed E-state index contributed by atoms with van der Waals surface area (Å²) in [5, 5.41) is 10.5. The number of aliphatic hydroxyl groups is 1. The fourth-order valence-corrected chi connectivity index (χ4v) is 4.83. The fourth-order valence-electron chi connectivity index (χ4n) is 3.60. The Labute approximate surface area is 167 Å². The molecule has 0 amide bonds. The van der Waals surface area contributed by atoms with Crippen molar-refractivity contribution in [2.45, 2.75) is 62.4 Å². The Balaban J connectivity index is 1.78. The molecule has 1 aliphatic rings. The maximum absolute atomic E-state index is 10.5. The minimum Gasteiger partial charge on any atom is -0.390 e. The molecule has 2 aromatic carbocycles. The number of ether oxygens (including phenoxy) is 2. The van der Waals surface area contributed by atoms with Gasteiger partial charge in [-0.25, -0.2) is 0 Å². The summed E-state index contributed by atoms with van der Waals surface area (Å²) in [5.41, 5.74) is 1.02. The minimum absolute atomic E-state index is 0.0364. The molecule has 146 valence electrons. The number of hydrogen-bond acceptors (Lipinski definition) is 4. The summed E-state index contributed by atoms with van der Waals surface area (Å²) in [6.07, 6.45) is 0.0462. The van der Waals surface area contributed by atoms with Gasteiger partial charge in [0, 0.05) is 4.90 Å². The number of aliphatic hydroxyl groups excluding tert-OH is 1. The van der Waals surface area contributed by atoms with Gasteiger partial charge in [-0.15, -0.1) is 0 Å². The van der Waals surface area contributed by atoms with Crippen LogP contribution in [0.1, 0.15) is 32.8 Å². The van der Waals surface area contributed by atoms with Crippen LogP contribution in [-0.2, 0) is 16.1 Å². The monoisotopic (exact) mass is 386 g/mol. The fraction of sp³-hybridized carbons (Fsp3) is 0.478. The molecule has 2 aromatic rings. The van der Waals surface area contributed by atoms with Gasteiger partial charge in [-0.1, -0.05) is 81.1 Å². The van der Waals surface area contributed by atoms with E-state index in [-0.39, 0.29) is 29.5 Å². The first-order chi connectivity index (χ1) is 13.1. The smallest absolute Gasteiger partial charge is 0.134 e. The molecular formula is C23H30O3S. The van der Waals surface area contributed by atoms with Crippen LogP contribution in [-0.4, -0.2) is 28.9 Å². The lowest BCUT2D eigenvalue weighted by Gasteiger charge is -2.45. The Morgan fingerprint density at radius 2 is 1.63 bits per heavy atom. The van der Waals surface area contributed by atoms with E-state index in [1.54, 1.807) is 11.8 Å². The molecule has 1 aliphatic heterocycles. The maximum Gasteiger partial charge on any atom is 0.134 e.